The van der Waals surface area contributed by atoms with Crippen molar-refractivity contribution in [3.05, 3.63) is 29.0 Å². The number of carbonyl (C=O) groups is 1. The van der Waals surface area contributed by atoms with Gasteiger partial charge in [-0.25, -0.2) is 9.18 Å². The third-order valence-electron chi connectivity index (χ3n) is 3.57. The molecule has 21 heavy (non-hydrogen) atoms. The maximum Gasteiger partial charge on any atom is 0.317 e. The van der Waals surface area contributed by atoms with Gasteiger partial charge < -0.3 is 20.2 Å². The number of aliphatic hydroxyl groups excluding tert-OH is 1. The molecule has 1 saturated heterocycles. The molecule has 1 heterocycles. The first kappa shape index (κ1) is 15.9. The van der Waals surface area contributed by atoms with E-state index in [0.29, 0.717) is 13.1 Å². The minimum Gasteiger partial charge on any atom is -0.395 e. The van der Waals surface area contributed by atoms with E-state index < -0.39 is 5.82 Å². The Morgan fingerprint density at radius 3 is 3.05 bits per heavy atom. The SMILES string of the molecule is CN(CCO)C(=O)NC1CCN(c2ccc(F)c(Cl)c2)C1. The Morgan fingerprint density at radius 1 is 1.62 bits per heavy atom. The van der Waals surface area contributed by atoms with Crippen LogP contribution in [0.5, 0.6) is 0 Å². The van der Waals surface area contributed by atoms with Gasteiger partial charge in [0.15, 0.2) is 0 Å². The number of hydrogen-bond acceptors (Lipinski definition) is 3. The molecule has 116 valence electrons. The van der Waals surface area contributed by atoms with Crippen LogP contribution >= 0.6 is 11.6 Å². The number of urea groups is 1. The summed E-state index contributed by atoms with van der Waals surface area (Å²) in [6, 6.07) is 4.46. The maximum atomic E-state index is 13.2. The van der Waals surface area contributed by atoms with Gasteiger partial charge in [0.1, 0.15) is 5.82 Å². The summed E-state index contributed by atoms with van der Waals surface area (Å²) in [7, 11) is 1.64. The van der Waals surface area contributed by atoms with Crippen LogP contribution in [0, 0.1) is 5.82 Å². The largest absolute Gasteiger partial charge is 0.395 e. The summed E-state index contributed by atoms with van der Waals surface area (Å²) in [5.41, 5.74) is 0.849. The highest BCUT2D eigenvalue weighted by molar-refractivity contribution is 6.31. The van der Waals surface area contributed by atoms with Crippen molar-refractivity contribution in [3.63, 3.8) is 0 Å². The number of nitrogens with one attached hydrogen (secondary N) is 1. The third kappa shape index (κ3) is 3.98. The van der Waals surface area contributed by atoms with Crippen LogP contribution in [0.2, 0.25) is 5.02 Å². The number of rotatable bonds is 4. The fourth-order valence-electron chi connectivity index (χ4n) is 2.33. The quantitative estimate of drug-likeness (QED) is 0.889. The molecule has 0 saturated carbocycles. The molecule has 1 aromatic carbocycles. The Labute approximate surface area is 128 Å². The Morgan fingerprint density at radius 2 is 2.38 bits per heavy atom. The predicted octanol–water partition coefficient (Wildman–Crippen LogP) is 1.69. The number of halogens is 2. The lowest BCUT2D eigenvalue weighted by atomic mass is 10.2. The minimum atomic E-state index is -0.435. The molecular weight excluding hydrogens is 297 g/mol. The van der Waals surface area contributed by atoms with E-state index in [2.05, 4.69) is 10.2 Å². The zero-order valence-electron chi connectivity index (χ0n) is 11.9. The Bertz CT molecular complexity index is 515. The van der Waals surface area contributed by atoms with Crippen molar-refractivity contribution in [3.8, 4) is 0 Å². The molecule has 0 bridgehead atoms. The highest BCUT2D eigenvalue weighted by Crippen LogP contribution is 2.25. The van der Waals surface area contributed by atoms with Gasteiger partial charge in [-0.3, -0.25) is 0 Å². The van der Waals surface area contributed by atoms with Crippen LogP contribution in [-0.4, -0.2) is 55.4 Å². The van der Waals surface area contributed by atoms with Crippen molar-refractivity contribution < 1.29 is 14.3 Å². The molecule has 1 atom stereocenters. The molecule has 2 rings (SSSR count). The van der Waals surface area contributed by atoms with Crippen LogP contribution in [-0.2, 0) is 0 Å². The zero-order chi connectivity index (χ0) is 15.4. The van der Waals surface area contributed by atoms with E-state index >= 15 is 0 Å². The molecule has 1 fully saturated rings. The maximum absolute atomic E-state index is 13.2. The molecule has 1 aromatic rings. The van der Waals surface area contributed by atoms with Gasteiger partial charge in [0, 0.05) is 38.4 Å². The Kier molecular flexibility index (Phi) is 5.25. The number of amides is 2. The summed E-state index contributed by atoms with van der Waals surface area (Å²) >= 11 is 5.79. The van der Waals surface area contributed by atoms with Crippen LogP contribution in [0.4, 0.5) is 14.9 Å². The van der Waals surface area contributed by atoms with Crippen molar-refractivity contribution in [2.45, 2.75) is 12.5 Å². The number of nitrogens with zero attached hydrogens (tertiary/aromatic N) is 2. The van der Waals surface area contributed by atoms with Crippen molar-refractivity contribution in [2.75, 3.05) is 38.2 Å². The summed E-state index contributed by atoms with van der Waals surface area (Å²) in [5.74, 6) is -0.435. The lowest BCUT2D eigenvalue weighted by molar-refractivity contribution is 0.188. The van der Waals surface area contributed by atoms with Gasteiger partial charge in [-0.05, 0) is 24.6 Å². The van der Waals surface area contributed by atoms with Gasteiger partial charge in [0.05, 0.1) is 11.6 Å². The van der Waals surface area contributed by atoms with E-state index in [-0.39, 0.29) is 23.7 Å². The molecule has 0 radical (unpaired) electrons. The highest BCUT2D eigenvalue weighted by Gasteiger charge is 2.25. The van der Waals surface area contributed by atoms with Gasteiger partial charge in [-0.15, -0.1) is 0 Å². The van der Waals surface area contributed by atoms with Gasteiger partial charge in [0.2, 0.25) is 0 Å². The first-order valence-corrected chi connectivity index (χ1v) is 7.21. The van der Waals surface area contributed by atoms with E-state index in [0.717, 1.165) is 18.7 Å². The van der Waals surface area contributed by atoms with E-state index in [9.17, 15) is 9.18 Å². The highest BCUT2D eigenvalue weighted by atomic mass is 35.5. The first-order valence-electron chi connectivity index (χ1n) is 6.83. The number of benzene rings is 1. The molecule has 7 heteroatoms. The summed E-state index contributed by atoms with van der Waals surface area (Å²) in [6.45, 7) is 1.67. The van der Waals surface area contributed by atoms with Gasteiger partial charge in [0.25, 0.3) is 0 Å². The second-order valence-electron chi connectivity index (χ2n) is 5.12. The van der Waals surface area contributed by atoms with Crippen LogP contribution in [0.25, 0.3) is 0 Å². The molecule has 0 aromatic heterocycles. The average Bonchev–Trinajstić information content (AvgIpc) is 2.90. The number of anilines is 1. The molecule has 0 aliphatic carbocycles. The lowest BCUT2D eigenvalue weighted by Crippen LogP contribution is -2.45. The van der Waals surface area contributed by atoms with Crippen LogP contribution in [0.3, 0.4) is 0 Å². The number of likely N-dealkylation sites (N-methyl/N-ethyl adjacent to an activating group) is 1. The second kappa shape index (κ2) is 6.95. The Balaban J connectivity index is 1.91. The average molecular weight is 316 g/mol. The molecule has 0 spiro atoms. The van der Waals surface area contributed by atoms with Gasteiger partial charge >= 0.3 is 6.03 Å². The first-order chi connectivity index (χ1) is 10.0. The van der Waals surface area contributed by atoms with Crippen LogP contribution < -0.4 is 10.2 Å². The standard InChI is InChI=1S/C14H19ClFN3O2/c1-18(6-7-20)14(21)17-10-4-5-19(9-10)11-2-3-13(16)12(15)8-11/h2-3,8,10,20H,4-7,9H2,1H3,(H,17,21). The molecule has 2 amide bonds. The zero-order valence-corrected chi connectivity index (χ0v) is 12.6. The second-order valence-corrected chi connectivity index (χ2v) is 5.53. The topological polar surface area (TPSA) is 55.8 Å². The van der Waals surface area contributed by atoms with E-state index in [4.69, 9.17) is 16.7 Å². The normalized spacial score (nSPS) is 17.9. The summed E-state index contributed by atoms with van der Waals surface area (Å²) in [5, 5.41) is 11.8. The minimum absolute atomic E-state index is 0.0301. The van der Waals surface area contributed by atoms with Crippen molar-refractivity contribution in [1.29, 1.82) is 0 Å². The molecule has 5 nitrogen and oxygen atoms in total. The van der Waals surface area contributed by atoms with Crippen molar-refractivity contribution in [2.24, 2.45) is 0 Å². The van der Waals surface area contributed by atoms with Crippen molar-refractivity contribution in [1.82, 2.24) is 10.2 Å². The molecule has 2 N–H and O–H groups in total. The van der Waals surface area contributed by atoms with E-state index in [1.54, 1.807) is 19.2 Å². The molecule has 1 unspecified atom stereocenters. The Hall–Kier alpha value is -1.53. The number of carbonyl (C=O) groups excluding carboxylic acids is 1. The van der Waals surface area contributed by atoms with Gasteiger partial charge in [-0.1, -0.05) is 11.6 Å². The van der Waals surface area contributed by atoms with Crippen molar-refractivity contribution >= 4 is 23.3 Å². The molecular formula is C14H19ClFN3O2. The monoisotopic (exact) mass is 315 g/mol. The van der Waals surface area contributed by atoms with Gasteiger partial charge in [-0.2, -0.15) is 0 Å². The predicted molar refractivity (Wildman–Crippen MR) is 80.3 cm³/mol. The van der Waals surface area contributed by atoms with E-state index in [1.807, 2.05) is 0 Å². The fourth-order valence-corrected chi connectivity index (χ4v) is 2.51. The van der Waals surface area contributed by atoms with Crippen LogP contribution in [0.15, 0.2) is 18.2 Å². The van der Waals surface area contributed by atoms with E-state index in [1.165, 1.54) is 11.0 Å². The lowest BCUT2D eigenvalue weighted by Gasteiger charge is -2.22. The summed E-state index contributed by atoms with van der Waals surface area (Å²) in [6.07, 6.45) is 0.813. The molecule has 1 aliphatic rings. The summed E-state index contributed by atoms with van der Waals surface area (Å²) in [4.78, 5) is 15.3. The number of aliphatic hydroxyl groups is 1. The number of hydrogen-bond donors (Lipinski definition) is 2. The fraction of sp³-hybridized carbons (Fsp3) is 0.500. The molecule has 1 aliphatic heterocycles. The smallest absolute Gasteiger partial charge is 0.317 e. The van der Waals surface area contributed by atoms with Crippen LogP contribution in [0.1, 0.15) is 6.42 Å². The summed E-state index contributed by atoms with van der Waals surface area (Å²) < 4.78 is 13.2. The third-order valence-corrected chi connectivity index (χ3v) is 3.86.